The monoisotopic (exact) mass is 312 g/mol. The van der Waals surface area contributed by atoms with Crippen LogP contribution in [0.4, 0.5) is 0 Å². The van der Waals surface area contributed by atoms with Gasteiger partial charge in [0.15, 0.2) is 5.82 Å². The van der Waals surface area contributed by atoms with Crippen molar-refractivity contribution < 1.29 is 4.79 Å². The number of nitrogens with one attached hydrogen (secondary N) is 1. The quantitative estimate of drug-likeness (QED) is 0.892. The van der Waals surface area contributed by atoms with Crippen LogP contribution in [0.15, 0.2) is 30.3 Å². The molecule has 1 saturated heterocycles. The van der Waals surface area contributed by atoms with E-state index in [9.17, 15) is 4.79 Å². The van der Waals surface area contributed by atoms with E-state index in [4.69, 9.17) is 0 Å². The van der Waals surface area contributed by atoms with E-state index in [1.165, 1.54) is 5.56 Å². The van der Waals surface area contributed by atoms with Crippen molar-refractivity contribution >= 4 is 5.91 Å². The molecular weight excluding hydrogens is 288 g/mol. The lowest BCUT2D eigenvalue weighted by molar-refractivity contribution is -0.133. The van der Waals surface area contributed by atoms with Crippen molar-refractivity contribution in [3.05, 3.63) is 47.5 Å². The van der Waals surface area contributed by atoms with Gasteiger partial charge in [-0.25, -0.2) is 4.98 Å². The molecular formula is C18H24N4O. The molecule has 1 aliphatic rings. The molecule has 0 saturated carbocycles. The highest BCUT2D eigenvalue weighted by molar-refractivity contribution is 5.77. The van der Waals surface area contributed by atoms with Gasteiger partial charge in [-0.3, -0.25) is 9.89 Å². The molecule has 1 aromatic heterocycles. The van der Waals surface area contributed by atoms with Crippen LogP contribution in [-0.2, 0) is 17.6 Å². The molecule has 2 aromatic rings. The first-order valence-electron chi connectivity index (χ1n) is 8.49. The number of nitrogens with zero attached hydrogens (tertiary/aromatic N) is 3. The SMILES string of the molecule is CCCN1C[C@H](c2n[nH]c(CCc3ccccc3)n2)CCC1=O. The predicted octanol–water partition coefficient (Wildman–Crippen LogP) is 2.71. The van der Waals surface area contributed by atoms with Crippen molar-refractivity contribution in [3.63, 3.8) is 0 Å². The molecule has 5 heteroatoms. The number of amides is 1. The highest BCUT2D eigenvalue weighted by Gasteiger charge is 2.28. The van der Waals surface area contributed by atoms with E-state index in [1.807, 2.05) is 11.0 Å². The maximum Gasteiger partial charge on any atom is 0.222 e. The van der Waals surface area contributed by atoms with Crippen LogP contribution < -0.4 is 0 Å². The van der Waals surface area contributed by atoms with E-state index in [-0.39, 0.29) is 11.8 Å². The van der Waals surface area contributed by atoms with E-state index >= 15 is 0 Å². The summed E-state index contributed by atoms with van der Waals surface area (Å²) in [5, 5.41) is 7.46. The molecule has 1 aliphatic heterocycles. The highest BCUT2D eigenvalue weighted by atomic mass is 16.2. The molecule has 122 valence electrons. The van der Waals surface area contributed by atoms with Crippen LogP contribution in [0.25, 0.3) is 0 Å². The Labute approximate surface area is 137 Å². The molecule has 3 rings (SSSR count). The van der Waals surface area contributed by atoms with Crippen LogP contribution in [0, 0.1) is 0 Å². The van der Waals surface area contributed by atoms with Crippen molar-refractivity contribution in [2.75, 3.05) is 13.1 Å². The molecule has 1 aromatic carbocycles. The summed E-state index contributed by atoms with van der Waals surface area (Å²) in [6.07, 6.45) is 4.28. The lowest BCUT2D eigenvalue weighted by Crippen LogP contribution is -2.39. The number of H-pyrrole nitrogens is 1. The first kappa shape index (κ1) is 15.7. The van der Waals surface area contributed by atoms with Gasteiger partial charge in [0.1, 0.15) is 5.82 Å². The Hall–Kier alpha value is -2.17. The van der Waals surface area contributed by atoms with Gasteiger partial charge >= 0.3 is 0 Å². The van der Waals surface area contributed by atoms with Crippen LogP contribution in [-0.4, -0.2) is 39.1 Å². The second-order valence-corrected chi connectivity index (χ2v) is 6.20. The minimum Gasteiger partial charge on any atom is -0.342 e. The molecule has 2 heterocycles. The number of aromatic nitrogens is 3. The number of hydrogen-bond donors (Lipinski definition) is 1. The van der Waals surface area contributed by atoms with Gasteiger partial charge in [0.2, 0.25) is 5.91 Å². The number of likely N-dealkylation sites (tertiary alicyclic amines) is 1. The molecule has 0 unspecified atom stereocenters. The van der Waals surface area contributed by atoms with Gasteiger partial charge in [0, 0.05) is 31.8 Å². The molecule has 23 heavy (non-hydrogen) atoms. The molecule has 0 aliphatic carbocycles. The standard InChI is InChI=1S/C18H24N4O/c1-2-12-22-13-15(9-11-17(22)23)18-19-16(20-21-18)10-8-14-6-4-3-5-7-14/h3-7,15H,2,8-13H2,1H3,(H,19,20,21)/t15-/m1/s1. The lowest BCUT2D eigenvalue weighted by Gasteiger charge is -2.31. The second kappa shape index (κ2) is 7.40. The number of benzene rings is 1. The number of aromatic amines is 1. The van der Waals surface area contributed by atoms with Crippen molar-refractivity contribution in [1.82, 2.24) is 20.1 Å². The van der Waals surface area contributed by atoms with Gasteiger partial charge in [-0.2, -0.15) is 5.10 Å². The zero-order valence-electron chi connectivity index (χ0n) is 13.7. The Morgan fingerprint density at radius 3 is 2.87 bits per heavy atom. The number of carbonyl (C=O) groups excluding carboxylic acids is 1. The van der Waals surface area contributed by atoms with Crippen molar-refractivity contribution in [2.24, 2.45) is 0 Å². The fourth-order valence-corrected chi connectivity index (χ4v) is 3.12. The Balaban J connectivity index is 1.59. The van der Waals surface area contributed by atoms with Gasteiger partial charge in [0.25, 0.3) is 0 Å². The molecule has 5 nitrogen and oxygen atoms in total. The van der Waals surface area contributed by atoms with Gasteiger partial charge < -0.3 is 4.90 Å². The van der Waals surface area contributed by atoms with E-state index in [0.717, 1.165) is 50.4 Å². The van der Waals surface area contributed by atoms with Crippen LogP contribution >= 0.6 is 0 Å². The molecule has 0 radical (unpaired) electrons. The third-order valence-corrected chi connectivity index (χ3v) is 4.40. The largest absolute Gasteiger partial charge is 0.342 e. The number of aryl methyl sites for hydroxylation is 2. The zero-order valence-corrected chi connectivity index (χ0v) is 13.7. The summed E-state index contributed by atoms with van der Waals surface area (Å²) >= 11 is 0. The maximum atomic E-state index is 11.9. The number of carbonyl (C=O) groups is 1. The smallest absolute Gasteiger partial charge is 0.222 e. The molecule has 1 N–H and O–H groups in total. The van der Waals surface area contributed by atoms with Crippen molar-refractivity contribution in [3.8, 4) is 0 Å². The summed E-state index contributed by atoms with van der Waals surface area (Å²) in [5.74, 6) is 2.33. The van der Waals surface area contributed by atoms with Crippen molar-refractivity contribution in [2.45, 2.75) is 44.9 Å². The molecule has 1 atom stereocenters. The van der Waals surface area contributed by atoms with Gasteiger partial charge in [-0.05, 0) is 24.8 Å². The number of piperidine rings is 1. The Bertz CT molecular complexity index is 637. The highest BCUT2D eigenvalue weighted by Crippen LogP contribution is 2.25. The van der Waals surface area contributed by atoms with Crippen molar-refractivity contribution in [1.29, 1.82) is 0 Å². The fraction of sp³-hybridized carbons (Fsp3) is 0.500. The Morgan fingerprint density at radius 1 is 1.26 bits per heavy atom. The third kappa shape index (κ3) is 3.97. The normalized spacial score (nSPS) is 18.4. The van der Waals surface area contributed by atoms with Gasteiger partial charge in [-0.1, -0.05) is 37.3 Å². The minimum absolute atomic E-state index is 0.265. The lowest BCUT2D eigenvalue weighted by atomic mass is 9.96. The number of rotatable bonds is 6. The molecule has 1 amide bonds. The third-order valence-electron chi connectivity index (χ3n) is 4.40. The van der Waals surface area contributed by atoms with Crippen LogP contribution in [0.3, 0.4) is 0 Å². The Kier molecular flexibility index (Phi) is 5.05. The minimum atomic E-state index is 0.265. The van der Waals surface area contributed by atoms with Gasteiger partial charge in [0.05, 0.1) is 0 Å². The molecule has 1 fully saturated rings. The first-order valence-corrected chi connectivity index (χ1v) is 8.49. The number of hydrogen-bond acceptors (Lipinski definition) is 3. The zero-order chi connectivity index (χ0) is 16.1. The Morgan fingerprint density at radius 2 is 2.09 bits per heavy atom. The summed E-state index contributed by atoms with van der Waals surface area (Å²) in [4.78, 5) is 18.5. The summed E-state index contributed by atoms with van der Waals surface area (Å²) in [7, 11) is 0. The summed E-state index contributed by atoms with van der Waals surface area (Å²) in [5.41, 5.74) is 1.31. The first-order chi connectivity index (χ1) is 11.3. The second-order valence-electron chi connectivity index (χ2n) is 6.20. The predicted molar refractivity (Wildman–Crippen MR) is 89.1 cm³/mol. The van der Waals surface area contributed by atoms with Crippen LogP contribution in [0.2, 0.25) is 0 Å². The van der Waals surface area contributed by atoms with Crippen LogP contribution in [0.1, 0.15) is 49.3 Å². The van der Waals surface area contributed by atoms with Gasteiger partial charge in [-0.15, -0.1) is 0 Å². The van der Waals surface area contributed by atoms with E-state index < -0.39 is 0 Å². The fourth-order valence-electron chi connectivity index (χ4n) is 3.12. The summed E-state index contributed by atoms with van der Waals surface area (Å²) < 4.78 is 0. The summed E-state index contributed by atoms with van der Waals surface area (Å²) in [6.45, 7) is 3.69. The van der Waals surface area contributed by atoms with Crippen LogP contribution in [0.5, 0.6) is 0 Å². The molecule has 0 bridgehead atoms. The van der Waals surface area contributed by atoms with E-state index in [2.05, 4.69) is 46.4 Å². The van der Waals surface area contributed by atoms with E-state index in [1.54, 1.807) is 0 Å². The van der Waals surface area contributed by atoms with E-state index in [0.29, 0.717) is 6.42 Å². The topological polar surface area (TPSA) is 61.9 Å². The average molecular weight is 312 g/mol. The maximum absolute atomic E-state index is 11.9. The molecule has 0 spiro atoms. The average Bonchev–Trinajstić information content (AvgIpc) is 3.05. The summed E-state index contributed by atoms with van der Waals surface area (Å²) in [6, 6.07) is 10.4.